The molecule has 1 saturated heterocycles. The summed E-state index contributed by atoms with van der Waals surface area (Å²) in [5.41, 5.74) is 0.770. The molecular formula is C23H15Cl2N3O2. The number of carbonyl (C=O) groups is 2. The van der Waals surface area contributed by atoms with Crippen LogP contribution in [0.5, 0.6) is 0 Å². The van der Waals surface area contributed by atoms with Gasteiger partial charge in [0, 0.05) is 22.4 Å². The van der Waals surface area contributed by atoms with Gasteiger partial charge in [-0.2, -0.15) is 5.26 Å². The number of halogens is 2. The number of hydrogen-bond donors (Lipinski definition) is 0. The van der Waals surface area contributed by atoms with E-state index in [-0.39, 0.29) is 5.91 Å². The summed E-state index contributed by atoms with van der Waals surface area (Å²) in [6.07, 6.45) is 3.17. The molecule has 2 heterocycles. The highest BCUT2D eigenvalue weighted by molar-refractivity contribution is 6.36. The third kappa shape index (κ3) is 2.97. The van der Waals surface area contributed by atoms with Crippen molar-refractivity contribution in [2.75, 3.05) is 4.90 Å². The Labute approximate surface area is 183 Å². The Morgan fingerprint density at radius 1 is 0.967 bits per heavy atom. The highest BCUT2D eigenvalue weighted by atomic mass is 35.5. The largest absolute Gasteiger partial charge is 0.274 e. The van der Waals surface area contributed by atoms with Crippen molar-refractivity contribution >= 4 is 40.7 Å². The van der Waals surface area contributed by atoms with Gasteiger partial charge in [0.25, 0.3) is 0 Å². The number of pyridine rings is 1. The zero-order chi connectivity index (χ0) is 21.5. The molecule has 1 aliphatic heterocycles. The molecule has 0 saturated carbocycles. The topological polar surface area (TPSA) is 74.1 Å². The Hall–Kier alpha value is -3.20. The second kappa shape index (κ2) is 7.56. The molecule has 0 aliphatic carbocycles. The zero-order valence-corrected chi connectivity index (χ0v) is 17.4. The number of nitrogens with zero attached hydrogens (tertiary/aromatic N) is 3. The normalized spacial score (nSPS) is 21.0. The van der Waals surface area contributed by atoms with Crippen molar-refractivity contribution in [3.05, 3.63) is 93.7 Å². The first-order valence-corrected chi connectivity index (χ1v) is 9.91. The Balaban J connectivity index is 1.97. The molecule has 1 unspecified atom stereocenters. The number of rotatable bonds is 3. The molecule has 1 aromatic heterocycles. The van der Waals surface area contributed by atoms with Crippen molar-refractivity contribution in [3.63, 3.8) is 0 Å². The molecule has 4 rings (SSSR count). The summed E-state index contributed by atoms with van der Waals surface area (Å²) in [6, 6.07) is 16.9. The third-order valence-electron chi connectivity index (χ3n) is 5.49. The molecule has 1 fully saturated rings. The molecule has 30 heavy (non-hydrogen) atoms. The lowest BCUT2D eigenvalue weighted by atomic mass is 9.68. The van der Waals surface area contributed by atoms with Crippen molar-refractivity contribution in [1.82, 2.24) is 4.98 Å². The molecule has 0 spiro atoms. The third-order valence-corrected chi connectivity index (χ3v) is 5.93. The smallest absolute Gasteiger partial charge is 0.249 e. The fraction of sp³-hybridized carbons (Fsp3) is 0.130. The summed E-state index contributed by atoms with van der Waals surface area (Å²) in [7, 11) is 0. The zero-order valence-electron chi connectivity index (χ0n) is 15.8. The van der Waals surface area contributed by atoms with Crippen LogP contribution in [0.2, 0.25) is 10.0 Å². The first-order chi connectivity index (χ1) is 14.4. The Morgan fingerprint density at radius 3 is 2.10 bits per heavy atom. The number of hydrogen-bond acceptors (Lipinski definition) is 4. The van der Waals surface area contributed by atoms with Crippen LogP contribution in [0.15, 0.2) is 67.0 Å². The van der Waals surface area contributed by atoms with Crippen LogP contribution in [0.25, 0.3) is 0 Å². The maximum Gasteiger partial charge on any atom is 0.249 e. The van der Waals surface area contributed by atoms with Gasteiger partial charge >= 0.3 is 0 Å². The average Bonchev–Trinajstić information content (AvgIpc) is 2.94. The number of imide groups is 1. The van der Waals surface area contributed by atoms with Gasteiger partial charge in [0.05, 0.1) is 23.2 Å². The molecule has 3 aromatic rings. The fourth-order valence-corrected chi connectivity index (χ4v) is 4.60. The predicted octanol–water partition coefficient (Wildman–Crippen LogP) is 4.76. The molecule has 7 heteroatoms. The molecule has 2 atom stereocenters. The van der Waals surface area contributed by atoms with Gasteiger partial charge in [-0.15, -0.1) is 0 Å². The van der Waals surface area contributed by atoms with E-state index >= 15 is 0 Å². The summed E-state index contributed by atoms with van der Waals surface area (Å²) < 4.78 is 0. The SMILES string of the molecule is CC1C(=O)N(c2cc(Cl)cc(Cl)c2)C(=O)[C@]1(c1ccncc1)c1ccc(C#N)cc1. The highest BCUT2D eigenvalue weighted by Crippen LogP contribution is 2.48. The Bertz CT molecular complexity index is 1170. The molecule has 0 radical (unpaired) electrons. The lowest BCUT2D eigenvalue weighted by Gasteiger charge is -2.31. The first kappa shape index (κ1) is 20.1. The summed E-state index contributed by atoms with van der Waals surface area (Å²) >= 11 is 12.3. The summed E-state index contributed by atoms with van der Waals surface area (Å²) in [5, 5.41) is 9.80. The summed E-state index contributed by atoms with van der Waals surface area (Å²) in [4.78, 5) is 32.5. The van der Waals surface area contributed by atoms with E-state index in [1.165, 1.54) is 18.2 Å². The van der Waals surface area contributed by atoms with E-state index in [0.717, 1.165) is 4.90 Å². The van der Waals surface area contributed by atoms with E-state index in [9.17, 15) is 9.59 Å². The van der Waals surface area contributed by atoms with Gasteiger partial charge in [0.15, 0.2) is 0 Å². The second-order valence-corrected chi connectivity index (χ2v) is 7.93. The number of anilines is 1. The monoisotopic (exact) mass is 435 g/mol. The number of amides is 2. The lowest BCUT2D eigenvalue weighted by Crippen LogP contribution is -2.41. The van der Waals surface area contributed by atoms with Crippen LogP contribution in [0, 0.1) is 17.2 Å². The average molecular weight is 436 g/mol. The highest BCUT2D eigenvalue weighted by Gasteiger charge is 2.59. The van der Waals surface area contributed by atoms with Crippen LogP contribution in [0.1, 0.15) is 23.6 Å². The van der Waals surface area contributed by atoms with Crippen molar-refractivity contribution in [2.24, 2.45) is 5.92 Å². The quantitative estimate of drug-likeness (QED) is 0.556. The fourth-order valence-electron chi connectivity index (χ4n) is 4.09. The minimum absolute atomic E-state index is 0.318. The maximum absolute atomic E-state index is 14.0. The van der Waals surface area contributed by atoms with Crippen molar-refractivity contribution < 1.29 is 9.59 Å². The van der Waals surface area contributed by atoms with Crippen molar-refractivity contribution in [2.45, 2.75) is 12.3 Å². The summed E-state index contributed by atoms with van der Waals surface area (Å²) in [5.74, 6) is -1.48. The van der Waals surface area contributed by atoms with Crippen LogP contribution in [0.3, 0.4) is 0 Å². The standard InChI is InChI=1S/C23H15Cl2N3O2/c1-14-21(29)28(20-11-18(24)10-19(25)12-20)22(30)23(14,17-6-8-27-9-7-17)16-4-2-15(13-26)3-5-16/h2-12,14H,1H3/t14?,23-/m0/s1. The van der Waals surface area contributed by atoms with E-state index in [1.807, 2.05) is 0 Å². The molecule has 1 aliphatic rings. The van der Waals surface area contributed by atoms with Gasteiger partial charge in [-0.1, -0.05) is 42.3 Å². The summed E-state index contributed by atoms with van der Waals surface area (Å²) in [6.45, 7) is 1.73. The lowest BCUT2D eigenvalue weighted by molar-refractivity contribution is -0.122. The second-order valence-electron chi connectivity index (χ2n) is 7.06. The van der Waals surface area contributed by atoms with Crippen LogP contribution in [-0.4, -0.2) is 16.8 Å². The number of nitriles is 1. The molecule has 2 aromatic carbocycles. The molecule has 5 nitrogen and oxygen atoms in total. The maximum atomic E-state index is 14.0. The van der Waals surface area contributed by atoms with Crippen LogP contribution in [-0.2, 0) is 15.0 Å². The van der Waals surface area contributed by atoms with Gasteiger partial charge in [0.2, 0.25) is 11.8 Å². The first-order valence-electron chi connectivity index (χ1n) is 9.15. The van der Waals surface area contributed by atoms with Gasteiger partial charge in [-0.05, 0) is 53.6 Å². The minimum atomic E-state index is -1.27. The van der Waals surface area contributed by atoms with E-state index in [2.05, 4.69) is 11.1 Å². The predicted molar refractivity (Wildman–Crippen MR) is 114 cm³/mol. The van der Waals surface area contributed by atoms with Crippen LogP contribution >= 0.6 is 23.2 Å². The number of carbonyl (C=O) groups excluding carboxylic acids is 2. The van der Waals surface area contributed by atoms with E-state index in [0.29, 0.717) is 32.4 Å². The Kier molecular flexibility index (Phi) is 5.07. The van der Waals surface area contributed by atoms with Gasteiger partial charge in [0.1, 0.15) is 5.41 Å². The van der Waals surface area contributed by atoms with Gasteiger partial charge in [-0.3, -0.25) is 14.6 Å². The molecule has 0 bridgehead atoms. The number of benzene rings is 2. The van der Waals surface area contributed by atoms with Crippen molar-refractivity contribution in [1.29, 1.82) is 5.26 Å². The van der Waals surface area contributed by atoms with Crippen molar-refractivity contribution in [3.8, 4) is 6.07 Å². The number of aromatic nitrogens is 1. The van der Waals surface area contributed by atoms with E-state index in [1.54, 1.807) is 55.7 Å². The molecule has 0 N–H and O–H groups in total. The van der Waals surface area contributed by atoms with Gasteiger partial charge < -0.3 is 0 Å². The molecule has 2 amide bonds. The van der Waals surface area contributed by atoms with Gasteiger partial charge in [-0.25, -0.2) is 4.90 Å². The molecule has 148 valence electrons. The van der Waals surface area contributed by atoms with E-state index in [4.69, 9.17) is 28.5 Å². The van der Waals surface area contributed by atoms with Crippen LogP contribution in [0.4, 0.5) is 5.69 Å². The van der Waals surface area contributed by atoms with E-state index < -0.39 is 17.2 Å². The molecular weight excluding hydrogens is 421 g/mol. The van der Waals surface area contributed by atoms with Crippen LogP contribution < -0.4 is 4.90 Å². The minimum Gasteiger partial charge on any atom is -0.274 e. The Morgan fingerprint density at radius 2 is 1.53 bits per heavy atom.